The molecule has 1 aliphatic rings. The first-order chi connectivity index (χ1) is 7.68. The monoisotopic (exact) mass is 240 g/mol. The molecule has 1 saturated heterocycles. The van der Waals surface area contributed by atoms with Crippen LogP contribution in [0, 0.1) is 0 Å². The predicted molar refractivity (Wildman–Crippen MR) is 73.4 cm³/mol. The molecule has 0 unspecified atom stereocenters. The molecule has 17 heavy (non-hydrogen) atoms. The minimum absolute atomic E-state index is 0.0179. The standard InChI is InChI=1S/C14H28N2O/c1-12(9-15-13(2,3)4)10-16-7-8-17-14(5,6)11-16/h15H,1,7-11H2,2-6H3. The van der Waals surface area contributed by atoms with Crippen LogP contribution in [0.1, 0.15) is 34.6 Å². The molecule has 0 atom stereocenters. The van der Waals surface area contributed by atoms with Crippen molar-refractivity contribution in [3.8, 4) is 0 Å². The second kappa shape index (κ2) is 5.51. The van der Waals surface area contributed by atoms with Crippen LogP contribution in [-0.2, 0) is 4.74 Å². The van der Waals surface area contributed by atoms with E-state index >= 15 is 0 Å². The lowest BCUT2D eigenvalue weighted by atomic mass is 10.1. The molecule has 1 N–H and O–H groups in total. The van der Waals surface area contributed by atoms with Gasteiger partial charge < -0.3 is 10.1 Å². The maximum absolute atomic E-state index is 5.70. The molecule has 1 fully saturated rings. The molecule has 0 aliphatic carbocycles. The van der Waals surface area contributed by atoms with Crippen molar-refractivity contribution >= 4 is 0 Å². The molecule has 3 nitrogen and oxygen atoms in total. The fourth-order valence-corrected chi connectivity index (χ4v) is 2.01. The summed E-state index contributed by atoms with van der Waals surface area (Å²) in [6, 6.07) is 0. The van der Waals surface area contributed by atoms with Gasteiger partial charge in [0.15, 0.2) is 0 Å². The molecule has 1 heterocycles. The zero-order chi connectivity index (χ0) is 13.1. The Bertz CT molecular complexity index is 266. The lowest BCUT2D eigenvalue weighted by molar-refractivity contribution is -0.0836. The Balaban J connectivity index is 2.31. The van der Waals surface area contributed by atoms with Gasteiger partial charge in [-0.25, -0.2) is 0 Å². The van der Waals surface area contributed by atoms with Crippen molar-refractivity contribution in [2.75, 3.05) is 32.8 Å². The van der Waals surface area contributed by atoms with Crippen LogP contribution in [0.15, 0.2) is 12.2 Å². The second-order valence-corrected chi connectivity index (χ2v) is 6.67. The van der Waals surface area contributed by atoms with Crippen molar-refractivity contribution in [2.24, 2.45) is 0 Å². The van der Waals surface area contributed by atoms with Crippen LogP contribution < -0.4 is 5.32 Å². The van der Waals surface area contributed by atoms with Gasteiger partial charge in [-0.05, 0) is 40.2 Å². The molecule has 100 valence electrons. The van der Waals surface area contributed by atoms with Gasteiger partial charge in [-0.2, -0.15) is 0 Å². The van der Waals surface area contributed by atoms with E-state index < -0.39 is 0 Å². The van der Waals surface area contributed by atoms with Gasteiger partial charge in [0, 0.05) is 31.7 Å². The quantitative estimate of drug-likeness (QED) is 0.761. The SMILES string of the molecule is C=C(CNC(C)(C)C)CN1CCOC(C)(C)C1. The highest BCUT2D eigenvalue weighted by atomic mass is 16.5. The Labute approximate surface area is 106 Å². The van der Waals surface area contributed by atoms with E-state index in [1.165, 1.54) is 5.57 Å². The highest BCUT2D eigenvalue weighted by Crippen LogP contribution is 2.16. The molecular formula is C14H28N2O. The average molecular weight is 240 g/mol. The van der Waals surface area contributed by atoms with E-state index in [0.717, 1.165) is 32.8 Å². The summed E-state index contributed by atoms with van der Waals surface area (Å²) in [7, 11) is 0. The molecule has 0 amide bonds. The molecule has 0 bridgehead atoms. The lowest BCUT2D eigenvalue weighted by Gasteiger charge is -2.38. The van der Waals surface area contributed by atoms with Crippen LogP contribution in [0.4, 0.5) is 0 Å². The number of nitrogens with zero attached hydrogens (tertiary/aromatic N) is 1. The molecule has 0 aromatic heterocycles. The fraction of sp³-hybridized carbons (Fsp3) is 0.857. The van der Waals surface area contributed by atoms with E-state index in [0.29, 0.717) is 0 Å². The molecule has 1 rings (SSSR count). The van der Waals surface area contributed by atoms with E-state index in [2.05, 4.69) is 51.4 Å². The Kier molecular flexibility index (Phi) is 4.76. The van der Waals surface area contributed by atoms with Crippen LogP contribution in [-0.4, -0.2) is 48.8 Å². The molecule has 0 radical (unpaired) electrons. The summed E-state index contributed by atoms with van der Waals surface area (Å²) >= 11 is 0. The van der Waals surface area contributed by atoms with Gasteiger partial charge in [0.25, 0.3) is 0 Å². The topological polar surface area (TPSA) is 24.5 Å². The summed E-state index contributed by atoms with van der Waals surface area (Å²) in [5.41, 5.74) is 1.39. The Morgan fingerprint density at radius 2 is 2.06 bits per heavy atom. The third kappa shape index (κ3) is 6.20. The molecule has 0 aromatic carbocycles. The Morgan fingerprint density at radius 3 is 2.59 bits per heavy atom. The summed E-state index contributed by atoms with van der Waals surface area (Å²) in [5, 5.41) is 3.47. The Hall–Kier alpha value is -0.380. The van der Waals surface area contributed by atoms with Crippen molar-refractivity contribution < 1.29 is 4.74 Å². The summed E-state index contributed by atoms with van der Waals surface area (Å²) in [5.74, 6) is 0. The second-order valence-electron chi connectivity index (χ2n) is 6.67. The first-order valence-electron chi connectivity index (χ1n) is 6.46. The third-order valence-electron chi connectivity index (χ3n) is 2.82. The van der Waals surface area contributed by atoms with Crippen molar-refractivity contribution in [2.45, 2.75) is 45.8 Å². The summed E-state index contributed by atoms with van der Waals surface area (Å²) in [6.45, 7) is 19.7. The van der Waals surface area contributed by atoms with Gasteiger partial charge in [-0.3, -0.25) is 4.90 Å². The first-order valence-corrected chi connectivity index (χ1v) is 6.46. The maximum Gasteiger partial charge on any atom is 0.0753 e. The van der Waals surface area contributed by atoms with Crippen LogP contribution in [0.25, 0.3) is 0 Å². The first kappa shape index (κ1) is 14.7. The zero-order valence-corrected chi connectivity index (χ0v) is 12.1. The van der Waals surface area contributed by atoms with Crippen LogP contribution >= 0.6 is 0 Å². The van der Waals surface area contributed by atoms with Crippen molar-refractivity contribution in [3.63, 3.8) is 0 Å². The zero-order valence-electron chi connectivity index (χ0n) is 12.1. The number of rotatable bonds is 4. The number of hydrogen-bond donors (Lipinski definition) is 1. The van der Waals surface area contributed by atoms with Crippen LogP contribution in [0.3, 0.4) is 0 Å². The van der Waals surface area contributed by atoms with Crippen molar-refractivity contribution in [1.82, 2.24) is 10.2 Å². The summed E-state index contributed by atoms with van der Waals surface area (Å²) < 4.78 is 5.70. The number of morpholine rings is 1. The highest BCUT2D eigenvalue weighted by Gasteiger charge is 2.27. The van der Waals surface area contributed by atoms with Gasteiger partial charge in [-0.1, -0.05) is 6.58 Å². The summed E-state index contributed by atoms with van der Waals surface area (Å²) in [6.07, 6.45) is 0. The third-order valence-corrected chi connectivity index (χ3v) is 2.82. The minimum Gasteiger partial charge on any atom is -0.373 e. The summed E-state index contributed by atoms with van der Waals surface area (Å²) in [4.78, 5) is 2.43. The smallest absolute Gasteiger partial charge is 0.0753 e. The molecule has 1 aliphatic heterocycles. The van der Waals surface area contributed by atoms with E-state index in [-0.39, 0.29) is 11.1 Å². The number of ether oxygens (including phenoxy) is 1. The molecule has 0 aromatic rings. The predicted octanol–water partition coefficient (Wildman–Crippen LogP) is 2.04. The minimum atomic E-state index is -0.0179. The molecule has 3 heteroatoms. The fourth-order valence-electron chi connectivity index (χ4n) is 2.01. The van der Waals surface area contributed by atoms with E-state index in [1.807, 2.05) is 0 Å². The van der Waals surface area contributed by atoms with Crippen molar-refractivity contribution in [3.05, 3.63) is 12.2 Å². The van der Waals surface area contributed by atoms with E-state index in [4.69, 9.17) is 4.74 Å². The largest absolute Gasteiger partial charge is 0.373 e. The maximum atomic E-state index is 5.70. The van der Waals surface area contributed by atoms with Crippen molar-refractivity contribution in [1.29, 1.82) is 0 Å². The molecular weight excluding hydrogens is 212 g/mol. The number of hydrogen-bond acceptors (Lipinski definition) is 3. The normalized spacial score (nSPS) is 21.5. The van der Waals surface area contributed by atoms with Gasteiger partial charge >= 0.3 is 0 Å². The van der Waals surface area contributed by atoms with Crippen LogP contribution in [0.5, 0.6) is 0 Å². The van der Waals surface area contributed by atoms with Gasteiger partial charge in [0.1, 0.15) is 0 Å². The lowest BCUT2D eigenvalue weighted by Crippen LogP contribution is -2.49. The van der Waals surface area contributed by atoms with Gasteiger partial charge in [0.2, 0.25) is 0 Å². The molecule has 0 saturated carbocycles. The molecule has 0 spiro atoms. The average Bonchev–Trinajstić information content (AvgIpc) is 2.12. The van der Waals surface area contributed by atoms with Crippen LogP contribution in [0.2, 0.25) is 0 Å². The Morgan fingerprint density at radius 1 is 1.41 bits per heavy atom. The number of nitrogens with one attached hydrogen (secondary N) is 1. The van der Waals surface area contributed by atoms with E-state index in [9.17, 15) is 0 Å². The van der Waals surface area contributed by atoms with Gasteiger partial charge in [0.05, 0.1) is 12.2 Å². The highest BCUT2D eigenvalue weighted by molar-refractivity contribution is 5.02. The van der Waals surface area contributed by atoms with E-state index in [1.54, 1.807) is 0 Å². The van der Waals surface area contributed by atoms with Gasteiger partial charge in [-0.15, -0.1) is 0 Å².